The second-order valence-electron chi connectivity index (χ2n) is 7.83. The van der Waals surface area contributed by atoms with Crippen LogP contribution in [0.2, 0.25) is 0 Å². The smallest absolute Gasteiger partial charge is 0.128 e. The summed E-state index contributed by atoms with van der Waals surface area (Å²) < 4.78 is 14.1. The van der Waals surface area contributed by atoms with Gasteiger partial charge in [0.15, 0.2) is 0 Å². The van der Waals surface area contributed by atoms with Gasteiger partial charge in [0.25, 0.3) is 0 Å². The molecule has 0 aliphatic carbocycles. The second-order valence-corrected chi connectivity index (χ2v) is 7.83. The number of hydrogen-bond acceptors (Lipinski definition) is 5. The summed E-state index contributed by atoms with van der Waals surface area (Å²) in [5.74, 6) is 1.99. The maximum atomic E-state index is 6.40. The van der Waals surface area contributed by atoms with Crippen molar-refractivity contribution < 1.29 is 9.47 Å². The molecule has 3 aromatic rings. The Kier molecular flexibility index (Phi) is 4.72. The van der Waals surface area contributed by atoms with E-state index in [0.717, 1.165) is 57.1 Å². The third-order valence-electron chi connectivity index (χ3n) is 6.17. The molecule has 0 amide bonds. The van der Waals surface area contributed by atoms with E-state index in [4.69, 9.17) is 14.5 Å². The lowest BCUT2D eigenvalue weighted by Crippen LogP contribution is -2.47. The van der Waals surface area contributed by atoms with Gasteiger partial charge in [0.2, 0.25) is 0 Å². The molecule has 0 saturated carbocycles. The molecule has 1 spiro atoms. The lowest BCUT2D eigenvalue weighted by Gasteiger charge is -2.45. The highest BCUT2D eigenvalue weighted by atomic mass is 16.5. The average molecular weight is 390 g/mol. The lowest BCUT2D eigenvalue weighted by atomic mass is 9.79. The van der Waals surface area contributed by atoms with Gasteiger partial charge in [-0.15, -0.1) is 0 Å². The largest absolute Gasteiger partial charge is 0.496 e. The summed E-state index contributed by atoms with van der Waals surface area (Å²) in [7, 11) is 1.75. The maximum absolute atomic E-state index is 6.40. The van der Waals surface area contributed by atoms with Gasteiger partial charge in [-0.2, -0.15) is 0 Å². The van der Waals surface area contributed by atoms with Gasteiger partial charge in [0, 0.05) is 43.8 Å². The van der Waals surface area contributed by atoms with Crippen molar-refractivity contribution in [2.24, 2.45) is 0 Å². The van der Waals surface area contributed by atoms with Crippen LogP contribution in [0, 0.1) is 0 Å². The number of piperidine rings is 1. The third kappa shape index (κ3) is 3.38. The van der Waals surface area contributed by atoms with Gasteiger partial charge < -0.3 is 18.9 Å². The molecule has 150 valence electrons. The van der Waals surface area contributed by atoms with Crippen molar-refractivity contribution in [1.29, 1.82) is 0 Å². The molecule has 2 aromatic heterocycles. The quantitative estimate of drug-likeness (QED) is 0.683. The highest BCUT2D eigenvalue weighted by Gasteiger charge is 2.43. The molecule has 6 nitrogen and oxygen atoms in total. The molecule has 4 heterocycles. The van der Waals surface area contributed by atoms with E-state index in [1.54, 1.807) is 13.3 Å². The summed E-state index contributed by atoms with van der Waals surface area (Å²) in [6.45, 7) is 3.42. The van der Waals surface area contributed by atoms with Gasteiger partial charge in [-0.3, -0.25) is 0 Å². The lowest BCUT2D eigenvalue weighted by molar-refractivity contribution is -0.0780. The van der Waals surface area contributed by atoms with Crippen LogP contribution in [0.15, 0.2) is 55.2 Å². The van der Waals surface area contributed by atoms with Gasteiger partial charge >= 0.3 is 0 Å². The number of aromatic nitrogens is 3. The molecular weight excluding hydrogens is 364 g/mol. The number of hydrogen-bond donors (Lipinski definition) is 0. The second kappa shape index (κ2) is 7.52. The molecule has 1 fully saturated rings. The Morgan fingerprint density at radius 2 is 2.07 bits per heavy atom. The van der Waals surface area contributed by atoms with Crippen molar-refractivity contribution in [2.75, 3.05) is 31.7 Å². The molecule has 1 saturated heterocycles. The predicted molar refractivity (Wildman–Crippen MR) is 111 cm³/mol. The van der Waals surface area contributed by atoms with E-state index in [-0.39, 0.29) is 5.60 Å². The zero-order valence-corrected chi connectivity index (χ0v) is 16.8. The topological polar surface area (TPSA) is 52.4 Å². The molecule has 0 bridgehead atoms. The number of pyridine rings is 1. The fourth-order valence-corrected chi connectivity index (χ4v) is 4.68. The van der Waals surface area contributed by atoms with E-state index in [0.29, 0.717) is 0 Å². The van der Waals surface area contributed by atoms with Crippen molar-refractivity contribution in [1.82, 2.24) is 14.5 Å². The number of imidazole rings is 1. The maximum Gasteiger partial charge on any atom is 0.128 e. The summed E-state index contributed by atoms with van der Waals surface area (Å²) in [6.07, 6.45) is 10.4. The Hall–Kier alpha value is -2.86. The van der Waals surface area contributed by atoms with Crippen LogP contribution in [-0.4, -0.2) is 41.3 Å². The van der Waals surface area contributed by atoms with Crippen molar-refractivity contribution in [2.45, 2.75) is 31.4 Å². The number of fused-ring (bicyclic) bond motifs is 2. The van der Waals surface area contributed by atoms with Crippen LogP contribution < -0.4 is 9.64 Å². The van der Waals surface area contributed by atoms with E-state index in [9.17, 15) is 0 Å². The average Bonchev–Trinajstić information content (AvgIpc) is 3.28. The molecule has 5 rings (SSSR count). The minimum atomic E-state index is -0.238. The Morgan fingerprint density at radius 3 is 2.79 bits per heavy atom. The number of ether oxygens (including phenoxy) is 2. The fraction of sp³-hybridized carbons (Fsp3) is 0.391. The van der Waals surface area contributed by atoms with Crippen molar-refractivity contribution in [3.8, 4) is 5.75 Å². The van der Waals surface area contributed by atoms with Gasteiger partial charge in [-0.1, -0.05) is 18.2 Å². The van der Waals surface area contributed by atoms with Crippen LogP contribution in [0.5, 0.6) is 5.75 Å². The molecule has 0 unspecified atom stereocenters. The first kappa shape index (κ1) is 18.2. The SMILES string of the molecule is COc1cccc2c1C1(CCN(c3ccc(Cn4ccnc4)cn3)CC1)OCC2. The zero-order chi connectivity index (χ0) is 19.7. The van der Waals surface area contributed by atoms with Crippen LogP contribution in [0.25, 0.3) is 0 Å². The number of nitrogens with zero attached hydrogens (tertiary/aromatic N) is 4. The molecule has 2 aliphatic rings. The summed E-state index contributed by atoms with van der Waals surface area (Å²) >= 11 is 0. The zero-order valence-electron chi connectivity index (χ0n) is 16.8. The highest BCUT2D eigenvalue weighted by molar-refractivity contribution is 5.48. The summed E-state index contributed by atoms with van der Waals surface area (Å²) in [4.78, 5) is 11.2. The molecule has 0 N–H and O–H groups in total. The first-order valence-corrected chi connectivity index (χ1v) is 10.2. The van der Waals surface area contributed by atoms with Crippen molar-refractivity contribution in [3.05, 3.63) is 71.9 Å². The van der Waals surface area contributed by atoms with Gasteiger partial charge in [0.05, 0.1) is 20.0 Å². The summed E-state index contributed by atoms with van der Waals surface area (Å²) in [5.41, 5.74) is 3.57. The van der Waals surface area contributed by atoms with Crippen LogP contribution in [0.4, 0.5) is 5.82 Å². The molecule has 0 atom stereocenters. The highest BCUT2D eigenvalue weighted by Crippen LogP contribution is 2.46. The molecular formula is C23H26N4O2. The normalized spacial score (nSPS) is 17.9. The molecule has 2 aliphatic heterocycles. The summed E-state index contributed by atoms with van der Waals surface area (Å²) in [6, 6.07) is 10.6. The Balaban J connectivity index is 1.31. The van der Waals surface area contributed by atoms with Crippen molar-refractivity contribution in [3.63, 3.8) is 0 Å². The Morgan fingerprint density at radius 1 is 1.17 bits per heavy atom. The third-order valence-corrected chi connectivity index (χ3v) is 6.17. The van der Waals surface area contributed by atoms with Crippen LogP contribution >= 0.6 is 0 Å². The van der Waals surface area contributed by atoms with E-state index in [1.165, 1.54) is 16.7 Å². The van der Waals surface area contributed by atoms with Gasteiger partial charge in [-0.05, 0) is 42.5 Å². The monoisotopic (exact) mass is 390 g/mol. The fourth-order valence-electron chi connectivity index (χ4n) is 4.68. The Labute approximate surface area is 171 Å². The molecule has 6 heteroatoms. The first-order valence-electron chi connectivity index (χ1n) is 10.2. The Bertz CT molecular complexity index is 947. The number of anilines is 1. The summed E-state index contributed by atoms with van der Waals surface area (Å²) in [5, 5.41) is 0. The molecule has 0 radical (unpaired) electrons. The van der Waals surface area contributed by atoms with Gasteiger partial charge in [0.1, 0.15) is 17.2 Å². The van der Waals surface area contributed by atoms with E-state index in [1.807, 2.05) is 23.3 Å². The van der Waals surface area contributed by atoms with E-state index in [2.05, 4.69) is 40.2 Å². The number of benzene rings is 1. The molecule has 1 aromatic carbocycles. The molecule has 29 heavy (non-hydrogen) atoms. The van der Waals surface area contributed by atoms with E-state index < -0.39 is 0 Å². The van der Waals surface area contributed by atoms with Crippen molar-refractivity contribution >= 4 is 5.82 Å². The van der Waals surface area contributed by atoms with Crippen LogP contribution in [-0.2, 0) is 23.3 Å². The predicted octanol–water partition coefficient (Wildman–Crippen LogP) is 3.40. The minimum absolute atomic E-state index is 0.238. The number of rotatable bonds is 4. The van der Waals surface area contributed by atoms with E-state index >= 15 is 0 Å². The van der Waals surface area contributed by atoms with Crippen LogP contribution in [0.1, 0.15) is 29.5 Å². The number of methoxy groups -OCH3 is 1. The van der Waals surface area contributed by atoms with Gasteiger partial charge in [-0.25, -0.2) is 9.97 Å². The standard InChI is InChI=1S/C23H26N4O2/c1-28-20-4-2-3-19-7-14-29-23(22(19)20)8-11-27(12-9-23)21-6-5-18(15-25-21)16-26-13-10-24-17-26/h2-6,10,13,15,17H,7-9,11-12,14,16H2,1H3. The first-order chi connectivity index (χ1) is 14.3. The minimum Gasteiger partial charge on any atom is -0.496 e. The van der Waals surface area contributed by atoms with Crippen LogP contribution in [0.3, 0.4) is 0 Å².